The zero-order valence-corrected chi connectivity index (χ0v) is 11.4. The van der Waals surface area contributed by atoms with E-state index in [0.29, 0.717) is 0 Å². The molecule has 0 spiro atoms. The molecule has 0 aromatic carbocycles. The van der Waals surface area contributed by atoms with Gasteiger partial charge in [-0.3, -0.25) is 0 Å². The Labute approximate surface area is 105 Å². The fraction of sp³-hybridized carbons (Fsp3) is 0.929. The Morgan fingerprint density at radius 2 is 1.59 bits per heavy atom. The fourth-order valence-electron chi connectivity index (χ4n) is 2.79. The number of hydrogen-bond donors (Lipinski definition) is 0. The summed E-state index contributed by atoms with van der Waals surface area (Å²) in [5.74, 6) is 1.82. The van der Waals surface area contributed by atoms with Crippen LogP contribution >= 0.6 is 0 Å². The second kappa shape index (κ2) is 4.87. The minimum absolute atomic E-state index is 0.135. The number of ether oxygens (including phenoxy) is 1. The summed E-state index contributed by atoms with van der Waals surface area (Å²) in [6, 6.07) is 0. The van der Waals surface area contributed by atoms with E-state index in [1.165, 1.54) is 32.1 Å². The molecule has 0 aromatic rings. The van der Waals surface area contributed by atoms with Gasteiger partial charge in [-0.15, -0.1) is 0 Å². The summed E-state index contributed by atoms with van der Waals surface area (Å²) in [5, 5.41) is 0. The first-order chi connectivity index (χ1) is 7.96. The molecule has 98 valence electrons. The Hall–Kier alpha value is -0.730. The summed E-state index contributed by atoms with van der Waals surface area (Å²) in [4.78, 5) is 13.8. The zero-order chi connectivity index (χ0) is 12.5. The molecule has 0 atom stereocenters. The molecule has 3 nitrogen and oxygen atoms in total. The summed E-state index contributed by atoms with van der Waals surface area (Å²) >= 11 is 0. The van der Waals surface area contributed by atoms with E-state index in [1.807, 2.05) is 25.7 Å². The molecule has 2 fully saturated rings. The van der Waals surface area contributed by atoms with Crippen molar-refractivity contribution in [1.82, 2.24) is 4.90 Å². The van der Waals surface area contributed by atoms with Crippen LogP contribution in [0.25, 0.3) is 0 Å². The third-order valence-electron chi connectivity index (χ3n) is 4.01. The van der Waals surface area contributed by atoms with Crippen LogP contribution in [0.2, 0.25) is 0 Å². The van der Waals surface area contributed by atoms with Gasteiger partial charge in [0.25, 0.3) is 0 Å². The number of likely N-dealkylation sites (tertiary alicyclic amines) is 1. The van der Waals surface area contributed by atoms with Gasteiger partial charge in [0.15, 0.2) is 0 Å². The molecule has 1 amide bonds. The van der Waals surface area contributed by atoms with E-state index in [4.69, 9.17) is 4.74 Å². The summed E-state index contributed by atoms with van der Waals surface area (Å²) in [7, 11) is 0. The molecule has 0 unspecified atom stereocenters. The highest BCUT2D eigenvalue weighted by molar-refractivity contribution is 5.68. The lowest BCUT2D eigenvalue weighted by molar-refractivity contribution is 0.0132. The van der Waals surface area contributed by atoms with Gasteiger partial charge in [0.1, 0.15) is 5.60 Å². The van der Waals surface area contributed by atoms with E-state index in [-0.39, 0.29) is 11.7 Å². The minimum Gasteiger partial charge on any atom is -0.444 e. The van der Waals surface area contributed by atoms with Crippen LogP contribution in [0.15, 0.2) is 0 Å². The SMILES string of the molecule is CC(C)(C)OC(=O)N1CCC(C2CCC2)CC1. The van der Waals surface area contributed by atoms with Crippen LogP contribution in [0.3, 0.4) is 0 Å². The average molecular weight is 239 g/mol. The topological polar surface area (TPSA) is 29.5 Å². The number of carbonyl (C=O) groups is 1. The van der Waals surface area contributed by atoms with Crippen molar-refractivity contribution in [2.75, 3.05) is 13.1 Å². The molecule has 1 heterocycles. The number of rotatable bonds is 1. The minimum atomic E-state index is -0.373. The van der Waals surface area contributed by atoms with Crippen LogP contribution in [-0.4, -0.2) is 29.7 Å². The molecule has 0 aromatic heterocycles. The van der Waals surface area contributed by atoms with Crippen molar-refractivity contribution in [2.24, 2.45) is 11.8 Å². The zero-order valence-electron chi connectivity index (χ0n) is 11.4. The first kappa shape index (κ1) is 12.7. The maximum atomic E-state index is 11.9. The lowest BCUT2D eigenvalue weighted by atomic mass is 9.72. The van der Waals surface area contributed by atoms with Crippen molar-refractivity contribution in [3.05, 3.63) is 0 Å². The van der Waals surface area contributed by atoms with Gasteiger partial charge in [0.2, 0.25) is 0 Å². The Balaban J connectivity index is 1.76. The highest BCUT2D eigenvalue weighted by atomic mass is 16.6. The average Bonchev–Trinajstić information content (AvgIpc) is 2.13. The maximum absolute atomic E-state index is 11.9. The monoisotopic (exact) mass is 239 g/mol. The lowest BCUT2D eigenvalue weighted by Gasteiger charge is -2.40. The molecule has 1 saturated heterocycles. The molecule has 1 aliphatic carbocycles. The first-order valence-corrected chi connectivity index (χ1v) is 6.93. The molecule has 2 aliphatic rings. The standard InChI is InChI=1S/C14H25NO2/c1-14(2,3)17-13(16)15-9-7-12(8-10-15)11-5-4-6-11/h11-12H,4-10H2,1-3H3. The van der Waals surface area contributed by atoms with Crippen LogP contribution in [0.1, 0.15) is 52.9 Å². The van der Waals surface area contributed by atoms with Gasteiger partial charge < -0.3 is 9.64 Å². The lowest BCUT2D eigenvalue weighted by Crippen LogP contribution is -2.43. The third kappa shape index (κ3) is 3.36. The molecule has 2 rings (SSSR count). The second-order valence-corrected chi connectivity index (χ2v) is 6.50. The number of nitrogens with zero attached hydrogens (tertiary/aromatic N) is 1. The number of hydrogen-bond acceptors (Lipinski definition) is 2. The van der Waals surface area contributed by atoms with E-state index >= 15 is 0 Å². The van der Waals surface area contributed by atoms with Crippen molar-refractivity contribution in [1.29, 1.82) is 0 Å². The predicted molar refractivity (Wildman–Crippen MR) is 67.9 cm³/mol. The number of carbonyl (C=O) groups excluding carboxylic acids is 1. The van der Waals surface area contributed by atoms with Crippen molar-refractivity contribution in [2.45, 2.75) is 58.5 Å². The molecule has 1 aliphatic heterocycles. The van der Waals surface area contributed by atoms with E-state index in [1.54, 1.807) is 0 Å². The van der Waals surface area contributed by atoms with Crippen LogP contribution in [0.4, 0.5) is 4.79 Å². The highest BCUT2D eigenvalue weighted by Crippen LogP contribution is 2.38. The summed E-state index contributed by atoms with van der Waals surface area (Å²) in [6.45, 7) is 7.54. The quantitative estimate of drug-likeness (QED) is 0.701. The Morgan fingerprint density at radius 3 is 2.00 bits per heavy atom. The fourth-order valence-corrected chi connectivity index (χ4v) is 2.79. The largest absolute Gasteiger partial charge is 0.444 e. The number of amides is 1. The Kier molecular flexibility index (Phi) is 3.64. The van der Waals surface area contributed by atoms with Gasteiger partial charge in [-0.05, 0) is 45.4 Å². The van der Waals surface area contributed by atoms with Gasteiger partial charge in [0.05, 0.1) is 0 Å². The molecular formula is C14H25NO2. The Morgan fingerprint density at radius 1 is 1.06 bits per heavy atom. The molecule has 0 radical (unpaired) electrons. The summed E-state index contributed by atoms with van der Waals surface area (Å²) in [5.41, 5.74) is -0.373. The van der Waals surface area contributed by atoms with Crippen molar-refractivity contribution in [3.63, 3.8) is 0 Å². The van der Waals surface area contributed by atoms with E-state index in [0.717, 1.165) is 24.9 Å². The van der Waals surface area contributed by atoms with Crippen LogP contribution in [-0.2, 0) is 4.74 Å². The maximum Gasteiger partial charge on any atom is 0.410 e. The van der Waals surface area contributed by atoms with Crippen LogP contribution in [0.5, 0.6) is 0 Å². The van der Waals surface area contributed by atoms with Crippen molar-refractivity contribution in [3.8, 4) is 0 Å². The molecular weight excluding hydrogens is 214 g/mol. The molecule has 0 bridgehead atoms. The van der Waals surface area contributed by atoms with Crippen LogP contribution < -0.4 is 0 Å². The van der Waals surface area contributed by atoms with Gasteiger partial charge in [0, 0.05) is 13.1 Å². The summed E-state index contributed by atoms with van der Waals surface area (Å²) in [6.07, 6.45) is 6.45. The molecule has 3 heteroatoms. The van der Waals surface area contributed by atoms with E-state index < -0.39 is 0 Å². The van der Waals surface area contributed by atoms with Gasteiger partial charge in [-0.25, -0.2) is 4.79 Å². The smallest absolute Gasteiger partial charge is 0.410 e. The van der Waals surface area contributed by atoms with Crippen LogP contribution in [0, 0.1) is 11.8 Å². The predicted octanol–water partition coefficient (Wildman–Crippen LogP) is 3.43. The number of piperidine rings is 1. The van der Waals surface area contributed by atoms with Gasteiger partial charge in [-0.1, -0.05) is 19.3 Å². The van der Waals surface area contributed by atoms with Crippen molar-refractivity contribution >= 4 is 6.09 Å². The van der Waals surface area contributed by atoms with Gasteiger partial charge >= 0.3 is 6.09 Å². The molecule has 17 heavy (non-hydrogen) atoms. The van der Waals surface area contributed by atoms with E-state index in [9.17, 15) is 4.79 Å². The highest BCUT2D eigenvalue weighted by Gasteiger charge is 2.32. The normalized spacial score (nSPS) is 23.4. The van der Waals surface area contributed by atoms with Gasteiger partial charge in [-0.2, -0.15) is 0 Å². The summed E-state index contributed by atoms with van der Waals surface area (Å²) < 4.78 is 5.40. The second-order valence-electron chi connectivity index (χ2n) is 6.50. The Bertz CT molecular complexity index is 270. The molecule has 1 saturated carbocycles. The van der Waals surface area contributed by atoms with E-state index in [2.05, 4.69) is 0 Å². The first-order valence-electron chi connectivity index (χ1n) is 6.93. The molecule has 0 N–H and O–H groups in total. The third-order valence-corrected chi connectivity index (χ3v) is 4.01. The van der Waals surface area contributed by atoms with Crippen molar-refractivity contribution < 1.29 is 9.53 Å².